The molecule has 0 radical (unpaired) electrons. The van der Waals surface area contributed by atoms with Crippen LogP contribution in [0.3, 0.4) is 0 Å². The number of rotatable bonds is 13. The molecule has 0 aliphatic carbocycles. The van der Waals surface area contributed by atoms with Crippen LogP contribution >= 0.6 is 0 Å². The second kappa shape index (κ2) is 29.2. The van der Waals surface area contributed by atoms with Gasteiger partial charge in [-0.3, -0.25) is 38.4 Å². The van der Waals surface area contributed by atoms with Gasteiger partial charge in [0.2, 0.25) is 47.3 Å². The van der Waals surface area contributed by atoms with E-state index >= 15 is 0 Å². The topological polar surface area (TPSA) is 256 Å². The smallest absolute Gasteiger partial charge is 0.329 e. The summed E-state index contributed by atoms with van der Waals surface area (Å²) in [6.45, 7) is 21.3. The van der Waals surface area contributed by atoms with Crippen molar-refractivity contribution >= 4 is 53.2 Å². The number of benzene rings is 1. The lowest BCUT2D eigenvalue weighted by molar-refractivity contribution is -0.158. The fraction of sp³-hybridized carbons (Fsp3) is 0.688. The Bertz CT molecular complexity index is 1780. The summed E-state index contributed by atoms with van der Waals surface area (Å²) in [6.07, 6.45) is 1.09. The van der Waals surface area contributed by atoms with Crippen LogP contribution in [-0.2, 0) is 54.3 Å². The van der Waals surface area contributed by atoms with E-state index in [-0.39, 0.29) is 37.1 Å². The van der Waals surface area contributed by atoms with Crippen molar-refractivity contribution in [2.75, 3.05) is 20.1 Å². The molecule has 2 aliphatic heterocycles. The average molecular weight is 929 g/mol. The SMILES string of the molecule is CC.CCC(N)=O.CC[C@H](C)[C@@H]1NC(=O)[C@H](Cc2ccccc2)N(C)C(=O)[C@H]([C@@H](C)CC)N2CCC[C@H](NC(=O)[C@H](CC(C)C)NC(=O)[C@@H](NC(=O)CNC(=O)C(C)C)[C@@H](C)OC1=O)C2=O. The number of carbonyl (C=O) groups excluding carboxylic acids is 9. The number of hydrogen-bond donors (Lipinski definition) is 6. The van der Waals surface area contributed by atoms with Gasteiger partial charge in [-0.2, -0.15) is 0 Å². The fourth-order valence-electron chi connectivity index (χ4n) is 7.29. The van der Waals surface area contributed by atoms with E-state index in [9.17, 15) is 43.2 Å². The molecule has 66 heavy (non-hydrogen) atoms. The maximum atomic E-state index is 14.7. The van der Waals surface area contributed by atoms with Crippen molar-refractivity contribution in [3.05, 3.63) is 35.9 Å². The standard InChI is InChI=1S/C43H67N7O9.C3H7NO.C2H6/c1-11-26(7)34-43(58)59-28(9)35(47-33(51)23-44-37(52)25(5)6)40(55)46-31(21-24(3)4)38(53)45-30-19-16-20-50(41(30)56)36(27(8)12-2)42(57)49(10)32(39(54)48-34)22-29-17-14-13-15-18-29;1-2-3(4)5;1-2/h13-15,17-18,24-28,30-32,34-36H,11-12,16,19-23H2,1-10H3,(H,44,52)(H,45,53)(H,46,55)(H,47,51)(H,48,54);2H2,1H3,(H2,4,5);1-2H3/t26-,27-,28+,30-,31-,32-,34-,35-,36-;;/m0../s1. The van der Waals surface area contributed by atoms with Gasteiger partial charge in [-0.05, 0) is 49.5 Å². The number of ether oxygens (including phenoxy) is 1. The Morgan fingerprint density at radius 1 is 0.833 bits per heavy atom. The van der Waals surface area contributed by atoms with E-state index < -0.39 is 108 Å². The predicted molar refractivity (Wildman–Crippen MR) is 252 cm³/mol. The molecule has 9 atom stereocenters. The highest BCUT2D eigenvalue weighted by Crippen LogP contribution is 2.25. The summed E-state index contributed by atoms with van der Waals surface area (Å²) in [7, 11) is 1.52. The zero-order valence-electron chi connectivity index (χ0n) is 41.7. The fourth-order valence-corrected chi connectivity index (χ4v) is 7.29. The van der Waals surface area contributed by atoms with Crippen LogP contribution in [0, 0.1) is 23.7 Å². The molecule has 18 nitrogen and oxygen atoms in total. The largest absolute Gasteiger partial charge is 0.458 e. The molecular formula is C48H80N8O10. The van der Waals surface area contributed by atoms with Crippen molar-refractivity contribution in [1.29, 1.82) is 0 Å². The summed E-state index contributed by atoms with van der Waals surface area (Å²) >= 11 is 0. The number of cyclic esters (lactones) is 1. The highest BCUT2D eigenvalue weighted by molar-refractivity contribution is 5.98. The molecule has 7 N–H and O–H groups in total. The Kier molecular flexibility index (Phi) is 25.8. The van der Waals surface area contributed by atoms with Gasteiger partial charge >= 0.3 is 5.97 Å². The second-order valence-corrected chi connectivity index (χ2v) is 17.7. The molecule has 2 aliphatic rings. The van der Waals surface area contributed by atoms with Gasteiger partial charge in [0.15, 0.2) is 0 Å². The number of hydrogen-bond acceptors (Lipinski definition) is 10. The van der Waals surface area contributed by atoms with Crippen LogP contribution in [0.4, 0.5) is 0 Å². The molecule has 1 aromatic rings. The van der Waals surface area contributed by atoms with Gasteiger partial charge in [0, 0.05) is 32.4 Å². The van der Waals surface area contributed by atoms with E-state index in [4.69, 9.17) is 4.74 Å². The number of nitrogens with two attached hydrogens (primary N) is 1. The average Bonchev–Trinajstić information content (AvgIpc) is 3.28. The summed E-state index contributed by atoms with van der Waals surface area (Å²) in [6, 6.07) is 2.08. The first-order valence-electron chi connectivity index (χ1n) is 23.7. The van der Waals surface area contributed by atoms with E-state index in [1.165, 1.54) is 23.8 Å². The van der Waals surface area contributed by atoms with E-state index in [0.717, 1.165) is 5.56 Å². The van der Waals surface area contributed by atoms with Crippen LogP contribution in [0.1, 0.15) is 127 Å². The Labute approximate surface area is 392 Å². The van der Waals surface area contributed by atoms with Gasteiger partial charge in [0.25, 0.3) is 0 Å². The molecule has 372 valence electrons. The molecule has 0 aromatic heterocycles. The molecular weight excluding hydrogens is 849 g/mol. The van der Waals surface area contributed by atoms with E-state index in [1.54, 1.807) is 27.7 Å². The number of nitrogens with one attached hydrogen (secondary N) is 5. The van der Waals surface area contributed by atoms with Crippen molar-refractivity contribution in [2.45, 2.75) is 170 Å². The van der Waals surface area contributed by atoms with Gasteiger partial charge < -0.3 is 46.9 Å². The third-order valence-electron chi connectivity index (χ3n) is 11.7. The minimum atomic E-state index is -1.54. The quantitative estimate of drug-likeness (QED) is 0.158. The van der Waals surface area contributed by atoms with Gasteiger partial charge in [0.1, 0.15) is 42.4 Å². The molecule has 0 saturated carbocycles. The highest BCUT2D eigenvalue weighted by Gasteiger charge is 2.44. The van der Waals surface area contributed by atoms with Gasteiger partial charge in [-0.1, -0.05) is 119 Å². The van der Waals surface area contributed by atoms with Gasteiger partial charge in [-0.15, -0.1) is 0 Å². The van der Waals surface area contributed by atoms with Gasteiger partial charge in [-0.25, -0.2) is 4.79 Å². The molecule has 2 fully saturated rings. The maximum absolute atomic E-state index is 14.7. The zero-order chi connectivity index (χ0) is 50.4. The number of fused-ring (bicyclic) bond motifs is 2. The Hall–Kier alpha value is -5.55. The monoisotopic (exact) mass is 929 g/mol. The van der Waals surface area contributed by atoms with Crippen molar-refractivity contribution in [3.8, 4) is 0 Å². The molecule has 18 heteroatoms. The highest BCUT2D eigenvalue weighted by atomic mass is 16.5. The molecule has 1 aromatic carbocycles. The number of likely N-dealkylation sites (N-methyl/N-ethyl adjacent to an activating group) is 1. The van der Waals surface area contributed by atoms with Crippen LogP contribution in [0.5, 0.6) is 0 Å². The van der Waals surface area contributed by atoms with Crippen molar-refractivity contribution < 1.29 is 47.9 Å². The minimum absolute atomic E-state index is 0.0896. The molecule has 8 amide bonds. The van der Waals surface area contributed by atoms with E-state index in [0.29, 0.717) is 32.1 Å². The number of nitrogens with zero attached hydrogens (tertiary/aromatic N) is 2. The second-order valence-electron chi connectivity index (χ2n) is 17.7. The van der Waals surface area contributed by atoms with Crippen LogP contribution in [-0.4, -0.2) is 126 Å². The maximum Gasteiger partial charge on any atom is 0.329 e. The third-order valence-corrected chi connectivity index (χ3v) is 11.7. The lowest BCUT2D eigenvalue weighted by atomic mass is 9.91. The predicted octanol–water partition coefficient (Wildman–Crippen LogP) is 2.75. The number of piperidine rings is 1. The van der Waals surface area contributed by atoms with Crippen molar-refractivity contribution in [1.82, 2.24) is 36.4 Å². The number of primary amides is 1. The first-order chi connectivity index (χ1) is 31.1. The summed E-state index contributed by atoms with van der Waals surface area (Å²) < 4.78 is 5.88. The lowest BCUT2D eigenvalue weighted by Crippen LogP contribution is -2.63. The Balaban J connectivity index is 0.00000290. The van der Waals surface area contributed by atoms with E-state index in [1.807, 2.05) is 78.8 Å². The van der Waals surface area contributed by atoms with Gasteiger partial charge in [0.05, 0.1) is 6.54 Å². The number of esters is 1. The summed E-state index contributed by atoms with van der Waals surface area (Å²) in [5, 5.41) is 13.5. The van der Waals surface area contributed by atoms with Crippen molar-refractivity contribution in [2.24, 2.45) is 29.4 Å². The Morgan fingerprint density at radius 2 is 1.42 bits per heavy atom. The molecule has 0 spiro atoms. The summed E-state index contributed by atoms with van der Waals surface area (Å²) in [5.74, 6) is -6.63. The zero-order valence-corrected chi connectivity index (χ0v) is 41.7. The third kappa shape index (κ3) is 18.0. The molecule has 2 heterocycles. The molecule has 0 unspecified atom stereocenters. The Morgan fingerprint density at radius 3 is 1.95 bits per heavy atom. The van der Waals surface area contributed by atoms with E-state index in [2.05, 4.69) is 32.3 Å². The molecule has 2 bridgehead atoms. The van der Waals surface area contributed by atoms with Crippen LogP contribution in [0.25, 0.3) is 0 Å². The molecule has 3 rings (SSSR count). The van der Waals surface area contributed by atoms with Crippen LogP contribution < -0.4 is 32.3 Å². The number of carbonyl (C=O) groups is 9. The van der Waals surface area contributed by atoms with Crippen LogP contribution in [0.2, 0.25) is 0 Å². The van der Waals surface area contributed by atoms with Crippen molar-refractivity contribution in [3.63, 3.8) is 0 Å². The minimum Gasteiger partial charge on any atom is -0.458 e. The van der Waals surface area contributed by atoms with Crippen LogP contribution in [0.15, 0.2) is 30.3 Å². The number of amides is 8. The first-order valence-corrected chi connectivity index (χ1v) is 23.7. The summed E-state index contributed by atoms with van der Waals surface area (Å²) in [5.41, 5.74) is 5.41. The molecule has 2 saturated heterocycles. The summed E-state index contributed by atoms with van der Waals surface area (Å²) in [4.78, 5) is 124. The lowest BCUT2D eigenvalue weighted by Gasteiger charge is -2.42. The normalized spacial score (nSPS) is 24.3. The first kappa shape index (κ1) is 58.5.